The lowest BCUT2D eigenvalue weighted by molar-refractivity contribution is 0.258. The van der Waals surface area contributed by atoms with Gasteiger partial charge in [-0.25, -0.2) is 13.4 Å². The normalized spacial score (nSPS) is 13.1. The van der Waals surface area contributed by atoms with E-state index in [1.54, 1.807) is 6.07 Å². The summed E-state index contributed by atoms with van der Waals surface area (Å²) in [7, 11) is -3.60. The molecule has 0 atom stereocenters. The van der Waals surface area contributed by atoms with E-state index >= 15 is 0 Å². The van der Waals surface area contributed by atoms with Crippen molar-refractivity contribution in [3.63, 3.8) is 0 Å². The minimum Gasteiger partial charge on any atom is -0.443 e. The maximum Gasteiger partial charge on any atom is 0.185 e. The van der Waals surface area contributed by atoms with E-state index in [9.17, 15) is 8.42 Å². The van der Waals surface area contributed by atoms with Gasteiger partial charge in [-0.1, -0.05) is 0 Å². The molecule has 0 spiro atoms. The van der Waals surface area contributed by atoms with Crippen molar-refractivity contribution in [2.75, 3.05) is 6.61 Å². The summed E-state index contributed by atoms with van der Waals surface area (Å²) in [6.07, 6.45) is 1.26. The molecule has 0 fully saturated rings. The number of fused-ring (bicyclic) bond motifs is 1. The van der Waals surface area contributed by atoms with Gasteiger partial charge in [0.05, 0.1) is 16.2 Å². The molecule has 92 valence electrons. The number of hydrogen-bond acceptors (Lipinski definition) is 5. The van der Waals surface area contributed by atoms with Crippen LogP contribution in [-0.4, -0.2) is 29.9 Å². The standard InChI is InChI=1S/C11H13NO4S/c1-11(2,6-13)17(14,15)8-3-4-9-10(5-8)16-7-12-9/h3-5,7,13H,6H2,1-2H3. The molecular weight excluding hydrogens is 242 g/mol. The van der Waals surface area contributed by atoms with Gasteiger partial charge in [-0.2, -0.15) is 0 Å². The van der Waals surface area contributed by atoms with Gasteiger partial charge in [0.2, 0.25) is 0 Å². The third kappa shape index (κ3) is 1.83. The Morgan fingerprint density at radius 3 is 2.76 bits per heavy atom. The first kappa shape index (κ1) is 12.1. The molecule has 17 heavy (non-hydrogen) atoms. The first-order valence-corrected chi connectivity index (χ1v) is 6.55. The second-order valence-electron chi connectivity index (χ2n) is 4.40. The van der Waals surface area contributed by atoms with Crippen molar-refractivity contribution in [2.24, 2.45) is 0 Å². The van der Waals surface area contributed by atoms with E-state index in [4.69, 9.17) is 9.52 Å². The SMILES string of the molecule is CC(C)(CO)S(=O)(=O)c1ccc2ncoc2c1. The molecule has 0 saturated carbocycles. The molecule has 0 aliphatic carbocycles. The first-order chi connectivity index (χ1) is 7.88. The largest absolute Gasteiger partial charge is 0.443 e. The van der Waals surface area contributed by atoms with Crippen LogP contribution < -0.4 is 0 Å². The molecule has 1 aromatic heterocycles. The van der Waals surface area contributed by atoms with Crippen molar-refractivity contribution in [3.8, 4) is 0 Å². The lowest BCUT2D eigenvalue weighted by atomic mass is 10.2. The second kappa shape index (κ2) is 3.82. The predicted molar refractivity (Wildman–Crippen MR) is 62.4 cm³/mol. The Bertz CT molecular complexity index is 642. The van der Waals surface area contributed by atoms with Crippen LogP contribution in [0.25, 0.3) is 11.1 Å². The number of oxazole rings is 1. The van der Waals surface area contributed by atoms with Crippen molar-refractivity contribution in [1.29, 1.82) is 0 Å². The third-order valence-corrected chi connectivity index (χ3v) is 5.18. The number of sulfone groups is 1. The topological polar surface area (TPSA) is 80.4 Å². The minimum absolute atomic E-state index is 0.126. The number of aliphatic hydroxyl groups excluding tert-OH is 1. The molecule has 1 aromatic carbocycles. The van der Waals surface area contributed by atoms with Crippen molar-refractivity contribution in [1.82, 2.24) is 4.98 Å². The van der Waals surface area contributed by atoms with E-state index in [1.807, 2.05) is 0 Å². The maximum absolute atomic E-state index is 12.2. The third-order valence-electron chi connectivity index (χ3n) is 2.72. The van der Waals surface area contributed by atoms with Gasteiger partial charge >= 0.3 is 0 Å². The quantitative estimate of drug-likeness (QED) is 0.896. The minimum atomic E-state index is -3.60. The van der Waals surface area contributed by atoms with Crippen LogP contribution in [0.2, 0.25) is 0 Å². The Morgan fingerprint density at radius 2 is 2.12 bits per heavy atom. The maximum atomic E-state index is 12.2. The molecular formula is C11H13NO4S. The Morgan fingerprint density at radius 1 is 1.41 bits per heavy atom. The average molecular weight is 255 g/mol. The molecule has 1 N–H and O–H groups in total. The number of aliphatic hydroxyl groups is 1. The Kier molecular flexibility index (Phi) is 2.71. The summed E-state index contributed by atoms with van der Waals surface area (Å²) < 4.78 is 28.3. The predicted octanol–water partition coefficient (Wildman–Crippen LogP) is 1.37. The van der Waals surface area contributed by atoms with Crippen molar-refractivity contribution < 1.29 is 17.9 Å². The van der Waals surface area contributed by atoms with Crippen molar-refractivity contribution in [2.45, 2.75) is 23.5 Å². The molecule has 6 heteroatoms. The van der Waals surface area contributed by atoms with Gasteiger partial charge in [0.25, 0.3) is 0 Å². The summed E-state index contributed by atoms with van der Waals surface area (Å²) in [6.45, 7) is 2.52. The van der Waals surface area contributed by atoms with Gasteiger partial charge < -0.3 is 9.52 Å². The Labute approximate surface area is 99.0 Å². The zero-order valence-corrected chi connectivity index (χ0v) is 10.4. The molecule has 2 rings (SSSR count). The van der Waals surface area contributed by atoms with Crippen LogP contribution in [0.3, 0.4) is 0 Å². The second-order valence-corrected chi connectivity index (χ2v) is 6.99. The highest BCUT2D eigenvalue weighted by molar-refractivity contribution is 7.92. The van der Waals surface area contributed by atoms with E-state index in [-0.39, 0.29) is 4.90 Å². The van der Waals surface area contributed by atoms with Crippen LogP contribution in [0.15, 0.2) is 33.9 Å². The molecule has 5 nitrogen and oxygen atoms in total. The fraction of sp³-hybridized carbons (Fsp3) is 0.364. The highest BCUT2D eigenvalue weighted by atomic mass is 32.2. The van der Waals surface area contributed by atoms with E-state index in [0.29, 0.717) is 11.1 Å². The molecule has 2 aromatic rings. The summed E-state index contributed by atoms with van der Waals surface area (Å²) in [4.78, 5) is 4.04. The highest BCUT2D eigenvalue weighted by Gasteiger charge is 2.35. The summed E-state index contributed by atoms with van der Waals surface area (Å²) in [5.74, 6) is 0. The Balaban J connectivity index is 2.60. The van der Waals surface area contributed by atoms with Gasteiger partial charge in [-0.15, -0.1) is 0 Å². The highest BCUT2D eigenvalue weighted by Crippen LogP contribution is 2.27. The summed E-state index contributed by atoms with van der Waals surface area (Å²) in [6, 6.07) is 4.48. The van der Waals surface area contributed by atoms with Crippen molar-refractivity contribution in [3.05, 3.63) is 24.6 Å². The van der Waals surface area contributed by atoms with E-state index in [1.165, 1.54) is 32.4 Å². The van der Waals surface area contributed by atoms with E-state index < -0.39 is 21.2 Å². The average Bonchev–Trinajstić information content (AvgIpc) is 2.75. The van der Waals surface area contributed by atoms with Crippen LogP contribution >= 0.6 is 0 Å². The molecule has 0 amide bonds. The first-order valence-electron chi connectivity index (χ1n) is 5.07. The van der Waals surface area contributed by atoms with Crippen LogP contribution in [0.4, 0.5) is 0 Å². The van der Waals surface area contributed by atoms with Crippen LogP contribution in [-0.2, 0) is 9.84 Å². The molecule has 0 unspecified atom stereocenters. The van der Waals surface area contributed by atoms with Crippen LogP contribution in [0.1, 0.15) is 13.8 Å². The molecule has 1 heterocycles. The molecule has 0 saturated heterocycles. The van der Waals surface area contributed by atoms with E-state index in [2.05, 4.69) is 4.98 Å². The summed E-state index contributed by atoms with van der Waals surface area (Å²) >= 11 is 0. The fourth-order valence-corrected chi connectivity index (χ4v) is 2.72. The summed E-state index contributed by atoms with van der Waals surface area (Å²) in [5.41, 5.74) is 1.02. The summed E-state index contributed by atoms with van der Waals surface area (Å²) in [5, 5.41) is 9.15. The fourth-order valence-electron chi connectivity index (χ4n) is 1.41. The zero-order valence-electron chi connectivity index (χ0n) is 9.54. The van der Waals surface area contributed by atoms with E-state index in [0.717, 1.165) is 0 Å². The number of rotatable bonds is 3. The van der Waals surface area contributed by atoms with Gasteiger partial charge in [-0.05, 0) is 26.0 Å². The lowest BCUT2D eigenvalue weighted by Crippen LogP contribution is -2.35. The number of nitrogens with zero attached hydrogens (tertiary/aromatic N) is 1. The lowest BCUT2D eigenvalue weighted by Gasteiger charge is -2.21. The van der Waals surface area contributed by atoms with Gasteiger partial charge in [0, 0.05) is 6.07 Å². The number of benzene rings is 1. The smallest absolute Gasteiger partial charge is 0.185 e. The molecule has 0 aliphatic rings. The Hall–Kier alpha value is -1.40. The molecule has 0 aliphatic heterocycles. The van der Waals surface area contributed by atoms with Crippen LogP contribution in [0, 0.1) is 0 Å². The molecule has 0 radical (unpaired) electrons. The van der Waals surface area contributed by atoms with Crippen molar-refractivity contribution >= 4 is 20.9 Å². The number of aromatic nitrogens is 1. The van der Waals surface area contributed by atoms with Gasteiger partial charge in [0.1, 0.15) is 5.52 Å². The van der Waals surface area contributed by atoms with Gasteiger partial charge in [-0.3, -0.25) is 0 Å². The molecule has 0 bridgehead atoms. The van der Waals surface area contributed by atoms with Gasteiger partial charge in [0.15, 0.2) is 21.8 Å². The monoisotopic (exact) mass is 255 g/mol. The zero-order chi connectivity index (χ0) is 12.7. The van der Waals surface area contributed by atoms with Crippen LogP contribution in [0.5, 0.6) is 0 Å². The number of hydrogen-bond donors (Lipinski definition) is 1.